The van der Waals surface area contributed by atoms with Gasteiger partial charge in [0.2, 0.25) is 5.91 Å². The van der Waals surface area contributed by atoms with Crippen LogP contribution < -0.4 is 15.0 Å². The van der Waals surface area contributed by atoms with Crippen molar-refractivity contribution in [1.29, 1.82) is 5.26 Å². The molecule has 2 aromatic carbocycles. The third kappa shape index (κ3) is 3.14. The molecule has 1 heterocycles. The summed E-state index contributed by atoms with van der Waals surface area (Å²) < 4.78 is 5.44. The fourth-order valence-corrected chi connectivity index (χ4v) is 2.33. The first-order valence-electron chi connectivity index (χ1n) is 6.99. The average molecular weight is 307 g/mol. The smallest absolute Gasteiger partial charge is 0.265 e. The molecule has 0 aliphatic carbocycles. The first-order chi connectivity index (χ1) is 11.2. The van der Waals surface area contributed by atoms with Crippen LogP contribution in [0.15, 0.2) is 48.5 Å². The second-order valence-corrected chi connectivity index (χ2v) is 4.97. The van der Waals surface area contributed by atoms with E-state index in [2.05, 4.69) is 5.32 Å². The molecule has 2 amide bonds. The molecule has 1 aliphatic rings. The average Bonchev–Trinajstić information content (AvgIpc) is 2.59. The Morgan fingerprint density at radius 1 is 1.26 bits per heavy atom. The van der Waals surface area contributed by atoms with Crippen molar-refractivity contribution >= 4 is 23.2 Å². The molecule has 0 radical (unpaired) electrons. The van der Waals surface area contributed by atoms with Crippen LogP contribution in [0.5, 0.6) is 5.75 Å². The Balaban J connectivity index is 1.73. The summed E-state index contributed by atoms with van der Waals surface area (Å²) in [5.74, 6) is -0.134. The van der Waals surface area contributed by atoms with Gasteiger partial charge in [0.25, 0.3) is 5.91 Å². The summed E-state index contributed by atoms with van der Waals surface area (Å²) in [6.45, 7) is -0.256. The largest absolute Gasteiger partial charge is 0.484 e. The van der Waals surface area contributed by atoms with Crippen molar-refractivity contribution in [3.05, 3.63) is 54.1 Å². The van der Waals surface area contributed by atoms with Crippen LogP contribution in [0.2, 0.25) is 0 Å². The Morgan fingerprint density at radius 3 is 2.91 bits per heavy atom. The highest BCUT2D eigenvalue weighted by molar-refractivity contribution is 6.10. The fourth-order valence-electron chi connectivity index (χ4n) is 2.33. The van der Waals surface area contributed by atoms with Gasteiger partial charge in [0, 0.05) is 0 Å². The number of anilines is 2. The van der Waals surface area contributed by atoms with Gasteiger partial charge in [-0.05, 0) is 30.3 Å². The second-order valence-electron chi connectivity index (χ2n) is 4.97. The van der Waals surface area contributed by atoms with Gasteiger partial charge < -0.3 is 10.1 Å². The fraction of sp³-hybridized carbons (Fsp3) is 0.118. The van der Waals surface area contributed by atoms with Crippen LogP contribution in [-0.2, 0) is 9.59 Å². The van der Waals surface area contributed by atoms with Crippen LogP contribution in [0.4, 0.5) is 11.4 Å². The molecule has 1 N–H and O–H groups in total. The quantitative estimate of drug-likeness (QED) is 0.939. The molecule has 0 unspecified atom stereocenters. The molecule has 0 spiro atoms. The van der Waals surface area contributed by atoms with Crippen LogP contribution in [-0.4, -0.2) is 25.0 Å². The number of fused-ring (bicyclic) bond motifs is 1. The van der Waals surface area contributed by atoms with Gasteiger partial charge in [0.05, 0.1) is 23.0 Å². The van der Waals surface area contributed by atoms with Crippen molar-refractivity contribution in [2.45, 2.75) is 0 Å². The number of nitrogens with one attached hydrogen (secondary N) is 1. The van der Waals surface area contributed by atoms with Crippen LogP contribution in [0.1, 0.15) is 5.56 Å². The van der Waals surface area contributed by atoms with E-state index in [0.717, 1.165) is 0 Å². The number of carbonyl (C=O) groups is 2. The van der Waals surface area contributed by atoms with E-state index in [-0.39, 0.29) is 25.0 Å². The van der Waals surface area contributed by atoms with E-state index >= 15 is 0 Å². The summed E-state index contributed by atoms with van der Waals surface area (Å²) in [4.78, 5) is 25.5. The predicted octanol–water partition coefficient (Wildman–Crippen LogP) is 1.92. The third-order valence-electron chi connectivity index (χ3n) is 3.40. The highest BCUT2D eigenvalue weighted by Gasteiger charge is 2.26. The van der Waals surface area contributed by atoms with Gasteiger partial charge in [-0.25, -0.2) is 0 Å². The zero-order valence-electron chi connectivity index (χ0n) is 12.2. The molecular formula is C17H13N3O3. The van der Waals surface area contributed by atoms with Gasteiger partial charge in [-0.2, -0.15) is 5.26 Å². The predicted molar refractivity (Wildman–Crippen MR) is 84.1 cm³/mol. The zero-order valence-corrected chi connectivity index (χ0v) is 12.2. The van der Waals surface area contributed by atoms with Gasteiger partial charge in [-0.15, -0.1) is 0 Å². The summed E-state index contributed by atoms with van der Waals surface area (Å²) in [6.07, 6.45) is 0. The van der Waals surface area contributed by atoms with Crippen molar-refractivity contribution in [3.8, 4) is 11.8 Å². The Hall–Kier alpha value is -3.33. The van der Waals surface area contributed by atoms with E-state index in [9.17, 15) is 9.59 Å². The zero-order chi connectivity index (χ0) is 16.2. The maximum absolute atomic E-state index is 12.4. The van der Waals surface area contributed by atoms with E-state index in [0.29, 0.717) is 22.7 Å². The van der Waals surface area contributed by atoms with Crippen LogP contribution in [0.3, 0.4) is 0 Å². The minimum absolute atomic E-state index is 0.0442. The number of para-hydroxylation sites is 2. The maximum atomic E-state index is 12.4. The molecule has 6 nitrogen and oxygen atoms in total. The van der Waals surface area contributed by atoms with Crippen LogP contribution in [0, 0.1) is 11.3 Å². The number of benzene rings is 2. The molecule has 3 rings (SSSR count). The monoisotopic (exact) mass is 307 g/mol. The summed E-state index contributed by atoms with van der Waals surface area (Å²) in [7, 11) is 0. The molecule has 0 bridgehead atoms. The number of nitriles is 1. The van der Waals surface area contributed by atoms with Crippen LogP contribution >= 0.6 is 0 Å². The second kappa shape index (κ2) is 6.20. The van der Waals surface area contributed by atoms with Crippen molar-refractivity contribution in [3.63, 3.8) is 0 Å². The molecule has 0 atom stereocenters. The number of ether oxygens (including phenoxy) is 1. The summed E-state index contributed by atoms with van der Waals surface area (Å²) in [5, 5.41) is 11.6. The lowest BCUT2D eigenvalue weighted by Crippen LogP contribution is -2.44. The lowest BCUT2D eigenvalue weighted by molar-refractivity contribution is -0.123. The standard InChI is InChI=1S/C17H13N3O3/c18-9-12-4-3-5-13(8-12)23-11-17(22)20-10-16(21)19-14-6-1-2-7-15(14)20/h1-8H,10-11H2,(H,19,21). The Bertz CT molecular complexity index is 811. The van der Waals surface area contributed by atoms with E-state index in [4.69, 9.17) is 10.00 Å². The molecule has 1 aliphatic heterocycles. The topological polar surface area (TPSA) is 82.4 Å². The molecule has 2 aromatic rings. The molecule has 0 aromatic heterocycles. The van der Waals surface area contributed by atoms with Gasteiger partial charge >= 0.3 is 0 Å². The number of rotatable bonds is 3. The summed E-state index contributed by atoms with van der Waals surface area (Å²) >= 11 is 0. The molecular weight excluding hydrogens is 294 g/mol. The first-order valence-corrected chi connectivity index (χ1v) is 6.99. The minimum atomic E-state index is -0.324. The van der Waals surface area contributed by atoms with Crippen LogP contribution in [0.25, 0.3) is 0 Å². The summed E-state index contributed by atoms with van der Waals surface area (Å²) in [5.41, 5.74) is 1.70. The van der Waals surface area contributed by atoms with E-state index in [1.165, 1.54) is 4.90 Å². The Kier molecular flexibility index (Phi) is 3.93. The normalized spacial score (nSPS) is 12.8. The van der Waals surface area contributed by atoms with Gasteiger partial charge in [0.15, 0.2) is 6.61 Å². The SMILES string of the molecule is N#Cc1cccc(OCC(=O)N2CC(=O)Nc3ccccc32)c1. The summed E-state index contributed by atoms with van der Waals surface area (Å²) in [6, 6.07) is 15.7. The van der Waals surface area contributed by atoms with Gasteiger partial charge in [-0.3, -0.25) is 14.5 Å². The molecule has 0 saturated carbocycles. The van der Waals surface area contributed by atoms with Crippen molar-refractivity contribution in [2.75, 3.05) is 23.4 Å². The van der Waals surface area contributed by atoms with Gasteiger partial charge in [-0.1, -0.05) is 18.2 Å². The van der Waals surface area contributed by atoms with E-state index in [1.54, 1.807) is 48.5 Å². The number of carbonyl (C=O) groups excluding carboxylic acids is 2. The number of nitrogens with zero attached hydrogens (tertiary/aromatic N) is 2. The van der Waals surface area contributed by atoms with E-state index < -0.39 is 0 Å². The number of hydrogen-bond donors (Lipinski definition) is 1. The maximum Gasteiger partial charge on any atom is 0.265 e. The third-order valence-corrected chi connectivity index (χ3v) is 3.40. The van der Waals surface area contributed by atoms with Crippen molar-refractivity contribution < 1.29 is 14.3 Å². The lowest BCUT2D eigenvalue weighted by Gasteiger charge is -2.29. The first kappa shape index (κ1) is 14.6. The number of hydrogen-bond acceptors (Lipinski definition) is 4. The molecule has 0 saturated heterocycles. The minimum Gasteiger partial charge on any atom is -0.484 e. The van der Waals surface area contributed by atoms with E-state index in [1.807, 2.05) is 6.07 Å². The Morgan fingerprint density at radius 2 is 2.09 bits per heavy atom. The molecule has 23 heavy (non-hydrogen) atoms. The highest BCUT2D eigenvalue weighted by atomic mass is 16.5. The van der Waals surface area contributed by atoms with Crippen molar-refractivity contribution in [1.82, 2.24) is 0 Å². The molecule has 6 heteroatoms. The molecule has 0 fully saturated rings. The van der Waals surface area contributed by atoms with Crippen molar-refractivity contribution in [2.24, 2.45) is 0 Å². The number of amides is 2. The molecule has 114 valence electrons. The van der Waals surface area contributed by atoms with Gasteiger partial charge in [0.1, 0.15) is 12.3 Å². The highest BCUT2D eigenvalue weighted by Crippen LogP contribution is 2.28. The lowest BCUT2D eigenvalue weighted by atomic mass is 10.2. The Labute approximate surface area is 132 Å².